The average molecular weight is 308 g/mol. The highest BCUT2D eigenvalue weighted by Gasteiger charge is 2.10. The van der Waals surface area contributed by atoms with Crippen molar-refractivity contribution in [2.24, 2.45) is 0 Å². The van der Waals surface area contributed by atoms with Gasteiger partial charge >= 0.3 is 0 Å². The van der Waals surface area contributed by atoms with Gasteiger partial charge in [-0.1, -0.05) is 5.21 Å². The van der Waals surface area contributed by atoms with Crippen molar-refractivity contribution in [3.8, 4) is 0 Å². The van der Waals surface area contributed by atoms with Crippen molar-refractivity contribution in [1.82, 2.24) is 20.3 Å². The van der Waals surface area contributed by atoms with Gasteiger partial charge in [0.2, 0.25) is 0 Å². The molecule has 2 aromatic rings. The van der Waals surface area contributed by atoms with Crippen LogP contribution in [0.4, 0.5) is 4.39 Å². The number of nitrogens with zero attached hydrogens (tertiary/aromatic N) is 3. The number of rotatable bonds is 6. The third-order valence-electron chi connectivity index (χ3n) is 2.79. The molecule has 0 saturated heterocycles. The molecule has 6 heteroatoms. The van der Waals surface area contributed by atoms with Gasteiger partial charge in [-0.05, 0) is 45.0 Å². The molecular weight excluding hydrogens is 287 g/mol. The van der Waals surface area contributed by atoms with Gasteiger partial charge in [0, 0.05) is 28.9 Å². The molecule has 0 saturated carbocycles. The summed E-state index contributed by atoms with van der Waals surface area (Å²) in [6.45, 7) is 7.86. The zero-order valence-electron chi connectivity index (χ0n) is 12.6. The summed E-state index contributed by atoms with van der Waals surface area (Å²) in [7, 11) is 0. The Morgan fingerprint density at radius 3 is 2.62 bits per heavy atom. The van der Waals surface area contributed by atoms with Gasteiger partial charge < -0.3 is 5.32 Å². The summed E-state index contributed by atoms with van der Waals surface area (Å²) in [6, 6.07) is 6.54. The van der Waals surface area contributed by atoms with E-state index >= 15 is 0 Å². The van der Waals surface area contributed by atoms with E-state index in [1.54, 1.807) is 23.9 Å². The van der Waals surface area contributed by atoms with E-state index in [2.05, 4.69) is 36.4 Å². The van der Waals surface area contributed by atoms with Crippen LogP contribution < -0.4 is 5.32 Å². The molecule has 0 radical (unpaired) electrons. The standard InChI is InChI=1S/C15H21FN4S/c1-15(2,3)17-10-13-11-20(19-18-13)8-9-21-14-6-4-12(16)5-7-14/h4-7,11,17H,8-10H2,1-3H3. The van der Waals surface area contributed by atoms with Crippen molar-refractivity contribution in [1.29, 1.82) is 0 Å². The van der Waals surface area contributed by atoms with Crippen molar-refractivity contribution in [3.63, 3.8) is 0 Å². The molecule has 1 N–H and O–H groups in total. The Kier molecular flexibility index (Phi) is 5.36. The van der Waals surface area contributed by atoms with E-state index in [4.69, 9.17) is 0 Å². The maximum Gasteiger partial charge on any atom is 0.123 e. The number of thioether (sulfide) groups is 1. The minimum absolute atomic E-state index is 0.0716. The first kappa shape index (κ1) is 16.0. The van der Waals surface area contributed by atoms with Gasteiger partial charge in [0.1, 0.15) is 5.82 Å². The molecule has 1 heterocycles. The van der Waals surface area contributed by atoms with Crippen molar-refractivity contribution >= 4 is 11.8 Å². The predicted molar refractivity (Wildman–Crippen MR) is 83.7 cm³/mol. The van der Waals surface area contributed by atoms with E-state index in [1.807, 2.05) is 10.9 Å². The lowest BCUT2D eigenvalue weighted by molar-refractivity contribution is 0.421. The van der Waals surface area contributed by atoms with Crippen LogP contribution in [-0.4, -0.2) is 26.3 Å². The second-order valence-electron chi connectivity index (χ2n) is 5.88. The summed E-state index contributed by atoms with van der Waals surface area (Å²) in [6.07, 6.45) is 1.96. The number of aryl methyl sites for hydroxylation is 1. The lowest BCUT2D eigenvalue weighted by Crippen LogP contribution is -2.35. The number of benzene rings is 1. The predicted octanol–water partition coefficient (Wildman–Crippen LogP) is 3.10. The summed E-state index contributed by atoms with van der Waals surface area (Å²) < 4.78 is 14.6. The van der Waals surface area contributed by atoms with E-state index < -0.39 is 0 Å². The van der Waals surface area contributed by atoms with Crippen LogP contribution in [0.15, 0.2) is 35.4 Å². The first-order valence-electron chi connectivity index (χ1n) is 6.95. The van der Waals surface area contributed by atoms with Crippen LogP contribution in [0.1, 0.15) is 26.5 Å². The van der Waals surface area contributed by atoms with Gasteiger partial charge in [0.15, 0.2) is 0 Å². The maximum atomic E-state index is 12.8. The molecule has 0 aliphatic rings. The Labute approximate surface area is 129 Å². The zero-order valence-corrected chi connectivity index (χ0v) is 13.5. The number of halogens is 1. The van der Waals surface area contributed by atoms with Crippen LogP contribution in [0, 0.1) is 5.82 Å². The topological polar surface area (TPSA) is 42.7 Å². The Balaban J connectivity index is 1.76. The third kappa shape index (κ3) is 5.85. The van der Waals surface area contributed by atoms with Gasteiger partial charge in [0.05, 0.1) is 12.2 Å². The lowest BCUT2D eigenvalue weighted by Gasteiger charge is -2.19. The summed E-state index contributed by atoms with van der Waals surface area (Å²) in [5, 5.41) is 11.6. The summed E-state index contributed by atoms with van der Waals surface area (Å²) in [5.74, 6) is 0.674. The molecule has 0 aliphatic carbocycles. The molecule has 2 rings (SSSR count). The molecule has 0 spiro atoms. The summed E-state index contributed by atoms with van der Waals surface area (Å²) in [5.41, 5.74) is 1.01. The van der Waals surface area contributed by atoms with Crippen LogP contribution in [0.25, 0.3) is 0 Å². The molecule has 0 atom stereocenters. The van der Waals surface area contributed by atoms with E-state index in [0.29, 0.717) is 6.54 Å². The van der Waals surface area contributed by atoms with Crippen LogP contribution in [0.2, 0.25) is 0 Å². The third-order valence-corrected chi connectivity index (χ3v) is 3.78. The van der Waals surface area contributed by atoms with Gasteiger partial charge in [-0.3, -0.25) is 4.68 Å². The van der Waals surface area contributed by atoms with Crippen LogP contribution in [0.5, 0.6) is 0 Å². The highest BCUT2D eigenvalue weighted by atomic mass is 32.2. The molecule has 1 aromatic heterocycles. The monoisotopic (exact) mass is 308 g/mol. The van der Waals surface area contributed by atoms with Crippen molar-refractivity contribution in [2.75, 3.05) is 5.75 Å². The maximum absolute atomic E-state index is 12.8. The largest absolute Gasteiger partial charge is 0.306 e. The fourth-order valence-corrected chi connectivity index (χ4v) is 2.51. The Morgan fingerprint density at radius 1 is 1.24 bits per heavy atom. The Morgan fingerprint density at radius 2 is 1.95 bits per heavy atom. The number of hydrogen-bond donors (Lipinski definition) is 1. The Hall–Kier alpha value is -1.40. The molecular formula is C15H21FN4S. The lowest BCUT2D eigenvalue weighted by atomic mass is 10.1. The van der Waals surface area contributed by atoms with Gasteiger partial charge in [0.25, 0.3) is 0 Å². The second kappa shape index (κ2) is 7.04. The van der Waals surface area contributed by atoms with Crippen molar-refractivity contribution in [2.45, 2.75) is 44.3 Å². The minimum atomic E-state index is -0.202. The summed E-state index contributed by atoms with van der Waals surface area (Å²) >= 11 is 1.68. The first-order valence-corrected chi connectivity index (χ1v) is 7.93. The molecule has 0 unspecified atom stereocenters. The smallest absolute Gasteiger partial charge is 0.123 e. The van der Waals surface area contributed by atoms with Gasteiger partial charge in [-0.25, -0.2) is 4.39 Å². The molecule has 0 fully saturated rings. The molecule has 0 aliphatic heterocycles. The number of hydrogen-bond acceptors (Lipinski definition) is 4. The molecule has 0 bridgehead atoms. The minimum Gasteiger partial charge on any atom is -0.306 e. The van der Waals surface area contributed by atoms with Crippen LogP contribution >= 0.6 is 11.8 Å². The fourth-order valence-electron chi connectivity index (χ4n) is 1.67. The molecule has 1 aromatic carbocycles. The SMILES string of the molecule is CC(C)(C)NCc1cn(CCSc2ccc(F)cc2)nn1. The van der Waals surface area contributed by atoms with Gasteiger partial charge in [-0.15, -0.1) is 16.9 Å². The quantitative estimate of drug-likeness (QED) is 0.833. The van der Waals surface area contributed by atoms with E-state index in [-0.39, 0.29) is 11.4 Å². The van der Waals surface area contributed by atoms with E-state index in [9.17, 15) is 4.39 Å². The van der Waals surface area contributed by atoms with Crippen LogP contribution in [-0.2, 0) is 13.1 Å². The molecule has 114 valence electrons. The van der Waals surface area contributed by atoms with E-state index in [1.165, 1.54) is 12.1 Å². The highest BCUT2D eigenvalue weighted by Crippen LogP contribution is 2.18. The Bertz CT molecular complexity index is 560. The molecule has 0 amide bonds. The molecule has 4 nitrogen and oxygen atoms in total. The van der Waals surface area contributed by atoms with E-state index in [0.717, 1.165) is 22.9 Å². The first-order chi connectivity index (χ1) is 9.92. The van der Waals surface area contributed by atoms with Crippen molar-refractivity contribution < 1.29 is 4.39 Å². The molecule has 21 heavy (non-hydrogen) atoms. The normalized spacial score (nSPS) is 11.8. The average Bonchev–Trinajstić information content (AvgIpc) is 2.86. The van der Waals surface area contributed by atoms with Gasteiger partial charge in [-0.2, -0.15) is 0 Å². The highest BCUT2D eigenvalue weighted by molar-refractivity contribution is 7.99. The summed E-state index contributed by atoms with van der Waals surface area (Å²) in [4.78, 5) is 1.06. The number of aromatic nitrogens is 3. The number of nitrogens with one attached hydrogen (secondary N) is 1. The fraction of sp³-hybridized carbons (Fsp3) is 0.467. The van der Waals surface area contributed by atoms with Crippen LogP contribution in [0.3, 0.4) is 0 Å². The zero-order chi connectivity index (χ0) is 15.3. The second-order valence-corrected chi connectivity index (χ2v) is 7.05. The van der Waals surface area contributed by atoms with Crippen molar-refractivity contribution in [3.05, 3.63) is 42.0 Å².